The van der Waals surface area contributed by atoms with Crippen molar-refractivity contribution in [3.8, 4) is 5.69 Å². The molecule has 0 aliphatic rings. The minimum atomic E-state index is -0.409. The molecule has 0 aliphatic heterocycles. The van der Waals surface area contributed by atoms with Crippen LogP contribution in [-0.4, -0.2) is 15.4 Å². The summed E-state index contributed by atoms with van der Waals surface area (Å²) in [6.45, 7) is 3.80. The molecule has 1 aromatic heterocycles. The second kappa shape index (κ2) is 4.01. The highest BCUT2D eigenvalue weighted by Gasteiger charge is 2.11. The third kappa shape index (κ3) is 1.91. The van der Waals surface area contributed by atoms with Crippen LogP contribution in [0.1, 0.15) is 17.0 Å². The van der Waals surface area contributed by atoms with E-state index in [1.165, 1.54) is 12.1 Å². The maximum atomic E-state index is 13.2. The summed E-state index contributed by atoms with van der Waals surface area (Å²) < 4.78 is 14.9. The van der Waals surface area contributed by atoms with E-state index in [0.29, 0.717) is 11.3 Å². The normalized spacial score (nSPS) is 10.5. The van der Waals surface area contributed by atoms with Gasteiger partial charge in [-0.1, -0.05) is 0 Å². The second-order valence-electron chi connectivity index (χ2n) is 3.86. The largest absolute Gasteiger partial charge is 0.384 e. The van der Waals surface area contributed by atoms with Crippen molar-refractivity contribution < 1.29 is 4.39 Å². The Morgan fingerprint density at radius 3 is 2.65 bits per heavy atom. The van der Waals surface area contributed by atoms with Gasteiger partial charge < -0.3 is 10.3 Å². The molecule has 1 heterocycles. The number of nitrogens with one attached hydrogen (secondary N) is 1. The minimum absolute atomic E-state index is 0.162. The van der Waals surface area contributed by atoms with Crippen molar-refractivity contribution in [1.29, 1.82) is 5.41 Å². The lowest BCUT2D eigenvalue weighted by atomic mass is 10.1. The molecule has 0 unspecified atom stereocenters. The summed E-state index contributed by atoms with van der Waals surface area (Å²) >= 11 is 0. The van der Waals surface area contributed by atoms with E-state index in [0.717, 1.165) is 11.4 Å². The molecule has 1 aromatic carbocycles. The molecule has 0 saturated heterocycles. The Morgan fingerprint density at radius 1 is 1.41 bits per heavy atom. The van der Waals surface area contributed by atoms with E-state index in [1.807, 2.05) is 13.8 Å². The first-order valence-electron chi connectivity index (χ1n) is 5.15. The van der Waals surface area contributed by atoms with Crippen molar-refractivity contribution in [3.63, 3.8) is 0 Å². The molecule has 17 heavy (non-hydrogen) atoms. The lowest BCUT2D eigenvalue weighted by molar-refractivity contribution is 0.627. The van der Waals surface area contributed by atoms with Crippen LogP contribution in [0.25, 0.3) is 5.69 Å². The topological polar surface area (TPSA) is 67.7 Å². The predicted molar refractivity (Wildman–Crippen MR) is 64.0 cm³/mol. The van der Waals surface area contributed by atoms with Crippen molar-refractivity contribution in [2.24, 2.45) is 5.73 Å². The van der Waals surface area contributed by atoms with Gasteiger partial charge in [-0.25, -0.2) is 9.37 Å². The van der Waals surface area contributed by atoms with Crippen LogP contribution in [0, 0.1) is 25.1 Å². The van der Waals surface area contributed by atoms with Crippen molar-refractivity contribution in [3.05, 3.63) is 47.3 Å². The number of nitrogen functional groups attached to an aromatic ring is 1. The molecule has 0 fully saturated rings. The minimum Gasteiger partial charge on any atom is -0.384 e. The fourth-order valence-corrected chi connectivity index (χ4v) is 1.68. The number of rotatable bonds is 2. The average Bonchev–Trinajstić information content (AvgIpc) is 2.60. The number of nitrogens with zero attached hydrogens (tertiary/aromatic N) is 2. The smallest absolute Gasteiger partial charge is 0.125 e. The number of benzene rings is 1. The molecule has 0 saturated carbocycles. The molecule has 2 rings (SSSR count). The van der Waals surface area contributed by atoms with Gasteiger partial charge in [0, 0.05) is 11.3 Å². The first kappa shape index (κ1) is 11.3. The monoisotopic (exact) mass is 232 g/mol. The fraction of sp³-hybridized carbons (Fsp3) is 0.167. The van der Waals surface area contributed by atoms with Crippen LogP contribution < -0.4 is 5.73 Å². The van der Waals surface area contributed by atoms with Crippen LogP contribution in [0.2, 0.25) is 0 Å². The Kier molecular flexibility index (Phi) is 2.67. The summed E-state index contributed by atoms with van der Waals surface area (Å²) in [7, 11) is 0. The number of halogens is 1. The summed E-state index contributed by atoms with van der Waals surface area (Å²) in [5.74, 6) is -0.571. The zero-order valence-corrected chi connectivity index (χ0v) is 9.66. The fourth-order valence-electron chi connectivity index (χ4n) is 1.68. The molecule has 88 valence electrons. The van der Waals surface area contributed by atoms with Crippen LogP contribution in [0.5, 0.6) is 0 Å². The van der Waals surface area contributed by atoms with Gasteiger partial charge in [0.2, 0.25) is 0 Å². The van der Waals surface area contributed by atoms with Crippen LogP contribution in [0.3, 0.4) is 0 Å². The maximum Gasteiger partial charge on any atom is 0.125 e. The third-order valence-electron chi connectivity index (χ3n) is 2.76. The number of hydrogen-bond donors (Lipinski definition) is 2. The number of amidine groups is 1. The van der Waals surface area contributed by atoms with E-state index in [1.54, 1.807) is 17.0 Å². The van der Waals surface area contributed by atoms with Gasteiger partial charge in [-0.05, 0) is 32.0 Å². The van der Waals surface area contributed by atoms with Gasteiger partial charge in [-0.3, -0.25) is 5.41 Å². The first-order valence-corrected chi connectivity index (χ1v) is 5.15. The molecular weight excluding hydrogens is 219 g/mol. The Bertz CT molecular complexity index is 586. The highest BCUT2D eigenvalue weighted by molar-refractivity contribution is 5.98. The van der Waals surface area contributed by atoms with E-state index >= 15 is 0 Å². The molecule has 0 amide bonds. The average molecular weight is 232 g/mol. The Labute approximate surface area is 98.4 Å². The second-order valence-corrected chi connectivity index (χ2v) is 3.86. The van der Waals surface area contributed by atoms with Gasteiger partial charge >= 0.3 is 0 Å². The number of aryl methyl sites for hydroxylation is 1. The molecule has 0 atom stereocenters. The van der Waals surface area contributed by atoms with Crippen LogP contribution in [0.4, 0.5) is 4.39 Å². The van der Waals surface area contributed by atoms with E-state index in [-0.39, 0.29) is 5.84 Å². The van der Waals surface area contributed by atoms with E-state index in [2.05, 4.69) is 4.98 Å². The maximum absolute atomic E-state index is 13.2. The van der Waals surface area contributed by atoms with Crippen LogP contribution in [-0.2, 0) is 0 Å². The molecular formula is C12H13FN4. The van der Waals surface area contributed by atoms with Gasteiger partial charge in [-0.2, -0.15) is 0 Å². The molecule has 0 spiro atoms. The Balaban J connectivity index is 2.67. The summed E-state index contributed by atoms with van der Waals surface area (Å²) in [4.78, 5) is 4.17. The molecule has 0 bridgehead atoms. The lowest BCUT2D eigenvalue weighted by Crippen LogP contribution is -2.15. The SMILES string of the molecule is Cc1ncn(-c2ccc(F)cc2C(=N)N)c1C. The summed E-state index contributed by atoms with van der Waals surface area (Å²) in [5.41, 5.74) is 8.33. The van der Waals surface area contributed by atoms with Crippen molar-refractivity contribution in [2.75, 3.05) is 0 Å². The zero-order valence-electron chi connectivity index (χ0n) is 9.66. The summed E-state index contributed by atoms with van der Waals surface area (Å²) in [5, 5.41) is 7.48. The van der Waals surface area contributed by atoms with E-state index in [9.17, 15) is 4.39 Å². The number of nitrogens with two attached hydrogens (primary N) is 1. The summed E-state index contributed by atoms with van der Waals surface area (Å²) in [6.07, 6.45) is 1.64. The molecule has 0 aliphatic carbocycles. The Morgan fingerprint density at radius 2 is 2.12 bits per heavy atom. The third-order valence-corrected chi connectivity index (χ3v) is 2.76. The van der Waals surface area contributed by atoms with E-state index < -0.39 is 5.82 Å². The van der Waals surface area contributed by atoms with Gasteiger partial charge in [0.1, 0.15) is 11.7 Å². The molecule has 3 N–H and O–H groups in total. The number of imidazole rings is 1. The standard InChI is InChI=1S/C12H13FN4/c1-7-8(2)17(6-16-7)11-4-3-9(13)5-10(11)12(14)15/h3-6H,1-2H3,(H3,14,15). The number of hydrogen-bond acceptors (Lipinski definition) is 2. The molecule has 0 radical (unpaired) electrons. The quantitative estimate of drug-likeness (QED) is 0.613. The van der Waals surface area contributed by atoms with Gasteiger partial charge in [0.05, 0.1) is 17.7 Å². The van der Waals surface area contributed by atoms with Crippen LogP contribution >= 0.6 is 0 Å². The van der Waals surface area contributed by atoms with Crippen molar-refractivity contribution in [1.82, 2.24) is 9.55 Å². The van der Waals surface area contributed by atoms with Crippen molar-refractivity contribution >= 4 is 5.84 Å². The summed E-state index contributed by atoms with van der Waals surface area (Å²) in [6, 6.07) is 4.20. The van der Waals surface area contributed by atoms with E-state index in [4.69, 9.17) is 11.1 Å². The molecule has 2 aromatic rings. The van der Waals surface area contributed by atoms with Crippen LogP contribution in [0.15, 0.2) is 24.5 Å². The highest BCUT2D eigenvalue weighted by atomic mass is 19.1. The Hall–Kier alpha value is -2.17. The lowest BCUT2D eigenvalue weighted by Gasteiger charge is -2.11. The first-order chi connectivity index (χ1) is 8.00. The van der Waals surface area contributed by atoms with Crippen molar-refractivity contribution in [2.45, 2.75) is 13.8 Å². The molecule has 4 nitrogen and oxygen atoms in total. The number of aromatic nitrogens is 2. The predicted octanol–water partition coefficient (Wildman–Crippen LogP) is 1.91. The highest BCUT2D eigenvalue weighted by Crippen LogP contribution is 2.19. The van der Waals surface area contributed by atoms with Gasteiger partial charge in [0.15, 0.2) is 0 Å². The zero-order chi connectivity index (χ0) is 12.6. The molecule has 5 heteroatoms. The van der Waals surface area contributed by atoms with Gasteiger partial charge in [-0.15, -0.1) is 0 Å². The van der Waals surface area contributed by atoms with Gasteiger partial charge in [0.25, 0.3) is 0 Å².